The number of ether oxygens (including phenoxy) is 1. The third kappa shape index (κ3) is 6.51. The van der Waals surface area contributed by atoms with Gasteiger partial charge in [-0.25, -0.2) is 13.1 Å². The molecule has 224 valence electrons. The van der Waals surface area contributed by atoms with E-state index in [1.165, 1.54) is 4.31 Å². The molecular weight excluding hydrogens is 566 g/mol. The summed E-state index contributed by atoms with van der Waals surface area (Å²) >= 11 is 0. The highest BCUT2D eigenvalue weighted by Crippen LogP contribution is 2.32. The quantitative estimate of drug-likeness (QED) is 0.169. The van der Waals surface area contributed by atoms with Crippen LogP contribution in [0.5, 0.6) is 0 Å². The van der Waals surface area contributed by atoms with Gasteiger partial charge in [0.25, 0.3) is 11.8 Å². The van der Waals surface area contributed by atoms with E-state index in [9.17, 15) is 23.3 Å². The molecule has 4 rings (SSSR count). The Kier molecular flexibility index (Phi) is 10.1. The summed E-state index contributed by atoms with van der Waals surface area (Å²) in [6.45, 7) is 8.67. The number of nitrogens with zero attached hydrogens (tertiary/aromatic N) is 5. The van der Waals surface area contributed by atoms with Gasteiger partial charge in [-0.1, -0.05) is 44.2 Å². The summed E-state index contributed by atoms with van der Waals surface area (Å²) in [5, 5.41) is 14.6. The van der Waals surface area contributed by atoms with Crippen molar-refractivity contribution < 1.29 is 22.7 Å². The van der Waals surface area contributed by atoms with Crippen molar-refractivity contribution in [3.8, 4) is 23.0 Å². The number of nitriles is 1. The zero-order chi connectivity index (χ0) is 31.1. The highest BCUT2D eigenvalue weighted by atomic mass is 32.2. The first-order chi connectivity index (χ1) is 20.7. The third-order valence-corrected chi connectivity index (χ3v) is 9.26. The van der Waals surface area contributed by atoms with E-state index >= 15 is 0 Å². The van der Waals surface area contributed by atoms with E-state index in [2.05, 4.69) is 0 Å². The smallest absolute Gasteiger partial charge is 0.271 e. The molecule has 0 saturated heterocycles. The average molecular weight is 602 g/mol. The number of imide groups is 1. The van der Waals surface area contributed by atoms with Crippen LogP contribution in [0.2, 0.25) is 0 Å². The van der Waals surface area contributed by atoms with Crippen molar-refractivity contribution in [2.45, 2.75) is 39.0 Å². The van der Waals surface area contributed by atoms with Crippen LogP contribution in [-0.2, 0) is 24.3 Å². The topological polar surface area (TPSA) is 126 Å². The molecule has 0 N–H and O–H groups in total. The summed E-state index contributed by atoms with van der Waals surface area (Å²) in [4.78, 5) is 27.9. The summed E-state index contributed by atoms with van der Waals surface area (Å²) in [7, 11) is -3.74. The molecule has 1 aromatic heterocycles. The maximum Gasteiger partial charge on any atom is 0.271 e. The number of rotatable bonds is 12. The SMILES string of the molecule is CCOCCCN1C(=O)C(C#N)=C(C)/C(=C\c2cn(-c3ccccc3)nc2-c2cccc(S(=O)(=O)N(CC)CC)c2)C1=O. The monoisotopic (exact) mass is 601 g/mol. The lowest BCUT2D eigenvalue weighted by molar-refractivity contribution is -0.140. The Balaban J connectivity index is 1.88. The van der Waals surface area contributed by atoms with Crippen molar-refractivity contribution in [3.05, 3.63) is 83.1 Å². The molecule has 0 bridgehead atoms. The lowest BCUT2D eigenvalue weighted by atomic mass is 9.93. The number of carbonyl (C=O) groups is 2. The number of aromatic nitrogens is 2. The maximum atomic E-state index is 13.7. The Morgan fingerprint density at radius 1 is 1.02 bits per heavy atom. The number of hydrogen-bond acceptors (Lipinski definition) is 7. The Hall–Kier alpha value is -4.37. The van der Waals surface area contributed by atoms with Gasteiger partial charge in [-0.2, -0.15) is 14.7 Å². The zero-order valence-corrected chi connectivity index (χ0v) is 25.6. The minimum atomic E-state index is -3.74. The molecule has 11 heteroatoms. The number of amides is 2. The highest BCUT2D eigenvalue weighted by Gasteiger charge is 2.35. The second kappa shape index (κ2) is 13.7. The van der Waals surface area contributed by atoms with E-state index in [1.54, 1.807) is 62.0 Å². The van der Waals surface area contributed by atoms with Gasteiger partial charge in [-0.05, 0) is 56.2 Å². The fourth-order valence-electron chi connectivity index (χ4n) is 4.90. The Labute approximate surface area is 252 Å². The molecular formula is C32H35N5O5S. The van der Waals surface area contributed by atoms with E-state index in [0.717, 1.165) is 10.6 Å². The molecule has 0 radical (unpaired) electrons. The van der Waals surface area contributed by atoms with Gasteiger partial charge >= 0.3 is 0 Å². The first-order valence-corrected chi connectivity index (χ1v) is 15.6. The van der Waals surface area contributed by atoms with E-state index < -0.39 is 21.8 Å². The summed E-state index contributed by atoms with van der Waals surface area (Å²) in [5.41, 5.74) is 2.60. The van der Waals surface area contributed by atoms with E-state index in [-0.39, 0.29) is 28.2 Å². The predicted molar refractivity (Wildman–Crippen MR) is 163 cm³/mol. The Morgan fingerprint density at radius 3 is 2.40 bits per heavy atom. The Bertz CT molecular complexity index is 1710. The lowest BCUT2D eigenvalue weighted by Crippen LogP contribution is -2.43. The number of sulfonamides is 1. The number of benzene rings is 2. The molecule has 2 heterocycles. The van der Waals surface area contributed by atoms with Gasteiger partial charge in [0.2, 0.25) is 10.0 Å². The van der Waals surface area contributed by atoms with Crippen LogP contribution in [0, 0.1) is 11.3 Å². The summed E-state index contributed by atoms with van der Waals surface area (Å²) < 4.78 is 35.0. The summed E-state index contributed by atoms with van der Waals surface area (Å²) in [6, 6.07) is 17.9. The van der Waals surface area contributed by atoms with Crippen molar-refractivity contribution in [3.63, 3.8) is 0 Å². The summed E-state index contributed by atoms with van der Waals surface area (Å²) in [5.74, 6) is -1.15. The number of hydrogen-bond donors (Lipinski definition) is 0. The molecule has 1 aliphatic rings. The zero-order valence-electron chi connectivity index (χ0n) is 24.8. The van der Waals surface area contributed by atoms with Crippen LogP contribution >= 0.6 is 0 Å². The van der Waals surface area contributed by atoms with Crippen molar-refractivity contribution in [1.29, 1.82) is 5.26 Å². The molecule has 0 saturated carbocycles. The highest BCUT2D eigenvalue weighted by molar-refractivity contribution is 7.89. The molecule has 0 atom stereocenters. The van der Waals surface area contributed by atoms with Crippen LogP contribution in [0.15, 0.2) is 82.4 Å². The molecule has 1 aliphatic heterocycles. The van der Waals surface area contributed by atoms with Crippen molar-refractivity contribution in [2.24, 2.45) is 0 Å². The van der Waals surface area contributed by atoms with E-state index in [1.807, 2.05) is 43.3 Å². The van der Waals surface area contributed by atoms with Crippen LogP contribution in [0.1, 0.15) is 39.7 Å². The molecule has 10 nitrogen and oxygen atoms in total. The maximum absolute atomic E-state index is 13.7. The van der Waals surface area contributed by atoms with Gasteiger partial charge < -0.3 is 4.74 Å². The first kappa shape index (κ1) is 31.6. The van der Waals surface area contributed by atoms with E-state index in [4.69, 9.17) is 9.84 Å². The van der Waals surface area contributed by atoms with Gasteiger partial charge in [0.05, 0.1) is 10.6 Å². The Morgan fingerprint density at radius 2 is 1.74 bits per heavy atom. The van der Waals surface area contributed by atoms with Crippen LogP contribution < -0.4 is 0 Å². The van der Waals surface area contributed by atoms with Gasteiger partial charge in [0.1, 0.15) is 17.3 Å². The van der Waals surface area contributed by atoms with Gasteiger partial charge in [0.15, 0.2) is 0 Å². The average Bonchev–Trinajstić information content (AvgIpc) is 3.44. The standard InChI is InChI=1S/C32H35N5O5S/c1-5-35(6-2)43(40,41)27-16-11-13-24(19-27)30-25(22-37(34-30)26-14-9-8-10-15-26)20-28-23(4)29(21-33)32(39)36(31(28)38)17-12-18-42-7-3/h8-11,13-16,19-20,22H,5-7,12,17-18H2,1-4H3/b28-20+. The fraction of sp³-hybridized carbons (Fsp3) is 0.312. The number of carbonyl (C=O) groups excluding carboxylic acids is 2. The molecule has 2 amide bonds. The normalized spacial score (nSPS) is 15.1. The van der Waals surface area contributed by atoms with Crippen LogP contribution in [0.4, 0.5) is 0 Å². The number of para-hydroxylation sites is 1. The first-order valence-electron chi connectivity index (χ1n) is 14.2. The van der Waals surface area contributed by atoms with E-state index in [0.29, 0.717) is 49.5 Å². The molecule has 0 unspecified atom stereocenters. The van der Waals surface area contributed by atoms with Gasteiger partial charge in [0, 0.05) is 55.7 Å². The molecule has 43 heavy (non-hydrogen) atoms. The summed E-state index contributed by atoms with van der Waals surface area (Å²) in [6.07, 6.45) is 3.79. The van der Waals surface area contributed by atoms with Gasteiger partial charge in [-0.3, -0.25) is 14.5 Å². The second-order valence-corrected chi connectivity index (χ2v) is 11.8. The predicted octanol–water partition coefficient (Wildman–Crippen LogP) is 4.59. The molecule has 0 aliphatic carbocycles. The van der Waals surface area contributed by atoms with Crippen molar-refractivity contribution >= 4 is 27.9 Å². The van der Waals surface area contributed by atoms with Crippen molar-refractivity contribution in [2.75, 3.05) is 32.8 Å². The molecule has 0 fully saturated rings. The molecule has 0 spiro atoms. The van der Waals surface area contributed by atoms with Crippen LogP contribution in [0.3, 0.4) is 0 Å². The van der Waals surface area contributed by atoms with Crippen LogP contribution in [0.25, 0.3) is 23.0 Å². The lowest BCUT2D eigenvalue weighted by Gasteiger charge is -2.27. The minimum absolute atomic E-state index is 0.105. The van der Waals surface area contributed by atoms with Gasteiger partial charge in [-0.15, -0.1) is 0 Å². The third-order valence-electron chi connectivity index (χ3n) is 7.21. The largest absolute Gasteiger partial charge is 0.382 e. The van der Waals surface area contributed by atoms with Crippen molar-refractivity contribution in [1.82, 2.24) is 19.0 Å². The molecule has 2 aromatic carbocycles. The van der Waals surface area contributed by atoms with Crippen LogP contribution in [-0.4, -0.2) is 72.1 Å². The molecule has 3 aromatic rings. The minimum Gasteiger partial charge on any atom is -0.382 e. The second-order valence-electron chi connectivity index (χ2n) is 9.81. The fourth-order valence-corrected chi connectivity index (χ4v) is 6.41.